The van der Waals surface area contributed by atoms with Gasteiger partial charge in [-0.1, -0.05) is 6.07 Å². The van der Waals surface area contributed by atoms with Crippen LogP contribution in [0, 0.1) is 12.8 Å². The van der Waals surface area contributed by atoms with Crippen LogP contribution in [-0.4, -0.2) is 53.0 Å². The fourth-order valence-corrected chi connectivity index (χ4v) is 4.79. The number of aryl methyl sites for hydroxylation is 1. The van der Waals surface area contributed by atoms with Crippen LogP contribution < -0.4 is 4.90 Å². The molecule has 0 radical (unpaired) electrons. The number of ether oxygens (including phenoxy) is 1. The lowest BCUT2D eigenvalue weighted by atomic mass is 9.96. The highest BCUT2D eigenvalue weighted by molar-refractivity contribution is 7.12. The van der Waals surface area contributed by atoms with Crippen molar-refractivity contribution in [1.29, 1.82) is 0 Å². The molecule has 0 saturated carbocycles. The molecule has 0 unspecified atom stereocenters. The minimum atomic E-state index is -0.0965. The van der Waals surface area contributed by atoms with Crippen LogP contribution in [0.25, 0.3) is 0 Å². The van der Waals surface area contributed by atoms with Crippen LogP contribution in [0.5, 0.6) is 0 Å². The molecule has 7 nitrogen and oxygen atoms in total. The van der Waals surface area contributed by atoms with Gasteiger partial charge in [0.2, 0.25) is 0 Å². The summed E-state index contributed by atoms with van der Waals surface area (Å²) in [6, 6.07) is 3.77. The molecule has 154 valence electrons. The molecule has 1 amide bonds. The number of aromatic nitrogens is 2. The first-order valence-corrected chi connectivity index (χ1v) is 11.1. The Hall–Kier alpha value is -2.48. The average Bonchev–Trinajstić information content (AvgIpc) is 3.27. The van der Waals surface area contributed by atoms with E-state index in [1.807, 2.05) is 36.3 Å². The first kappa shape index (κ1) is 19.8. The number of thiophene rings is 1. The summed E-state index contributed by atoms with van der Waals surface area (Å²) in [6.07, 6.45) is 2.26. The molecule has 8 heteroatoms. The predicted molar refractivity (Wildman–Crippen MR) is 111 cm³/mol. The van der Waals surface area contributed by atoms with E-state index in [1.54, 1.807) is 0 Å². The summed E-state index contributed by atoms with van der Waals surface area (Å²) in [7, 11) is 0. The summed E-state index contributed by atoms with van der Waals surface area (Å²) in [6.45, 7) is 6.89. The summed E-state index contributed by atoms with van der Waals surface area (Å²) in [5.41, 5.74) is 2.08. The maximum atomic E-state index is 12.8. The van der Waals surface area contributed by atoms with Gasteiger partial charge < -0.3 is 14.5 Å². The lowest BCUT2D eigenvalue weighted by Crippen LogP contribution is -2.41. The molecule has 0 aromatic carbocycles. The molecule has 0 aliphatic carbocycles. The molecule has 2 aromatic heterocycles. The number of amides is 1. The van der Waals surface area contributed by atoms with E-state index in [9.17, 15) is 9.59 Å². The Morgan fingerprint density at radius 2 is 2.03 bits per heavy atom. The fourth-order valence-electron chi connectivity index (χ4n) is 4.10. The van der Waals surface area contributed by atoms with E-state index in [0.717, 1.165) is 60.1 Å². The van der Waals surface area contributed by atoms with Gasteiger partial charge in [0.15, 0.2) is 0 Å². The zero-order valence-electron chi connectivity index (χ0n) is 16.9. The van der Waals surface area contributed by atoms with Gasteiger partial charge in [-0.3, -0.25) is 9.59 Å². The van der Waals surface area contributed by atoms with E-state index in [0.29, 0.717) is 19.7 Å². The molecule has 0 bridgehead atoms. The van der Waals surface area contributed by atoms with Gasteiger partial charge in [0.05, 0.1) is 29.6 Å². The minimum absolute atomic E-state index is 0.0399. The molecule has 1 saturated heterocycles. The topological polar surface area (TPSA) is 75.6 Å². The third-order valence-corrected chi connectivity index (χ3v) is 6.44. The molecule has 0 N–H and O–H groups in total. The van der Waals surface area contributed by atoms with Crippen LogP contribution in [0.3, 0.4) is 0 Å². The van der Waals surface area contributed by atoms with Crippen LogP contribution in [0.4, 0.5) is 5.82 Å². The number of esters is 1. The Bertz CT molecular complexity index is 892. The Balaban J connectivity index is 1.53. The molecular formula is C21H26N4O3S. The molecule has 1 fully saturated rings. The smallest absolute Gasteiger partial charge is 0.309 e. The highest BCUT2D eigenvalue weighted by atomic mass is 32.1. The third-order valence-electron chi connectivity index (χ3n) is 5.58. The summed E-state index contributed by atoms with van der Waals surface area (Å²) in [5, 5.41) is 1.93. The minimum Gasteiger partial charge on any atom is -0.466 e. The van der Waals surface area contributed by atoms with Gasteiger partial charge in [-0.05, 0) is 38.1 Å². The molecule has 2 aliphatic rings. The largest absolute Gasteiger partial charge is 0.466 e. The van der Waals surface area contributed by atoms with E-state index in [4.69, 9.17) is 9.72 Å². The molecule has 4 heterocycles. The van der Waals surface area contributed by atoms with Gasteiger partial charge in [0.1, 0.15) is 11.6 Å². The molecule has 2 aliphatic heterocycles. The lowest BCUT2D eigenvalue weighted by Gasteiger charge is -2.36. The lowest BCUT2D eigenvalue weighted by molar-refractivity contribution is -0.148. The SMILES string of the molecule is CCOC(=O)C1CCN(c2nc(C)nc3c2CN(C(=O)c2cccs2)CC3)CC1. The predicted octanol–water partition coefficient (Wildman–Crippen LogP) is 2.82. The fraction of sp³-hybridized carbons (Fsp3) is 0.524. The first-order chi connectivity index (χ1) is 14.1. The van der Waals surface area contributed by atoms with Gasteiger partial charge in [-0.2, -0.15) is 0 Å². The van der Waals surface area contributed by atoms with Crippen LogP contribution in [0.15, 0.2) is 17.5 Å². The summed E-state index contributed by atoms with van der Waals surface area (Å²) in [5.74, 6) is 1.60. The van der Waals surface area contributed by atoms with Crippen molar-refractivity contribution in [2.45, 2.75) is 39.7 Å². The number of carbonyl (C=O) groups excluding carboxylic acids is 2. The van der Waals surface area contributed by atoms with Crippen molar-refractivity contribution in [2.75, 3.05) is 31.1 Å². The molecule has 0 spiro atoms. The van der Waals surface area contributed by atoms with Crippen molar-refractivity contribution in [3.05, 3.63) is 39.5 Å². The maximum Gasteiger partial charge on any atom is 0.309 e. The van der Waals surface area contributed by atoms with Crippen molar-refractivity contribution >= 4 is 29.0 Å². The van der Waals surface area contributed by atoms with Crippen LogP contribution in [0.1, 0.15) is 46.5 Å². The second kappa shape index (κ2) is 8.49. The Morgan fingerprint density at radius 1 is 1.24 bits per heavy atom. The molecule has 4 rings (SSSR count). The zero-order valence-corrected chi connectivity index (χ0v) is 17.7. The molecule has 0 atom stereocenters. The highest BCUT2D eigenvalue weighted by Crippen LogP contribution is 2.31. The van der Waals surface area contributed by atoms with Crippen molar-refractivity contribution in [3.63, 3.8) is 0 Å². The van der Waals surface area contributed by atoms with Gasteiger partial charge in [-0.15, -0.1) is 11.3 Å². The third kappa shape index (κ3) is 4.12. The van der Waals surface area contributed by atoms with E-state index in [-0.39, 0.29) is 17.8 Å². The van der Waals surface area contributed by atoms with Crippen LogP contribution >= 0.6 is 11.3 Å². The number of hydrogen-bond donors (Lipinski definition) is 0. The van der Waals surface area contributed by atoms with Crippen molar-refractivity contribution < 1.29 is 14.3 Å². The van der Waals surface area contributed by atoms with Crippen molar-refractivity contribution in [3.8, 4) is 0 Å². The van der Waals surface area contributed by atoms with E-state index in [2.05, 4.69) is 9.88 Å². The Morgan fingerprint density at radius 3 is 2.72 bits per heavy atom. The van der Waals surface area contributed by atoms with Crippen LogP contribution in [0.2, 0.25) is 0 Å². The molecule has 2 aromatic rings. The zero-order chi connectivity index (χ0) is 20.4. The molecule has 29 heavy (non-hydrogen) atoms. The maximum absolute atomic E-state index is 12.8. The monoisotopic (exact) mass is 414 g/mol. The quantitative estimate of drug-likeness (QED) is 0.716. The summed E-state index contributed by atoms with van der Waals surface area (Å²) < 4.78 is 5.18. The van der Waals surface area contributed by atoms with Gasteiger partial charge in [0, 0.05) is 31.6 Å². The van der Waals surface area contributed by atoms with Crippen molar-refractivity contribution in [2.24, 2.45) is 5.92 Å². The number of anilines is 1. The van der Waals surface area contributed by atoms with Crippen LogP contribution in [-0.2, 0) is 22.5 Å². The summed E-state index contributed by atoms with van der Waals surface area (Å²) in [4.78, 5) is 39.2. The van der Waals surface area contributed by atoms with Crippen molar-refractivity contribution in [1.82, 2.24) is 14.9 Å². The number of nitrogens with zero attached hydrogens (tertiary/aromatic N) is 4. The van der Waals surface area contributed by atoms with Gasteiger partial charge in [-0.25, -0.2) is 9.97 Å². The van der Waals surface area contributed by atoms with E-state index < -0.39 is 0 Å². The Kier molecular flexibility index (Phi) is 5.80. The highest BCUT2D eigenvalue weighted by Gasteiger charge is 2.31. The number of rotatable bonds is 4. The Labute approximate surface area is 174 Å². The second-order valence-electron chi connectivity index (χ2n) is 7.49. The standard InChI is InChI=1S/C21H26N4O3S/c1-3-28-21(27)15-6-9-24(10-7-15)19-16-13-25(20(26)18-5-4-12-29-18)11-8-17(16)22-14(2)23-19/h4-5,12,15H,3,6-11,13H2,1-2H3. The average molecular weight is 415 g/mol. The van der Waals surface area contributed by atoms with Gasteiger partial charge >= 0.3 is 5.97 Å². The van der Waals surface area contributed by atoms with E-state index >= 15 is 0 Å². The number of piperidine rings is 1. The second-order valence-corrected chi connectivity index (χ2v) is 8.43. The number of hydrogen-bond acceptors (Lipinski definition) is 7. The molecular weight excluding hydrogens is 388 g/mol. The first-order valence-electron chi connectivity index (χ1n) is 10.2. The number of fused-ring (bicyclic) bond motifs is 1. The van der Waals surface area contributed by atoms with Gasteiger partial charge in [0.25, 0.3) is 5.91 Å². The normalized spacial score (nSPS) is 17.2. The van der Waals surface area contributed by atoms with E-state index in [1.165, 1.54) is 11.3 Å². The number of carbonyl (C=O) groups is 2. The summed E-state index contributed by atoms with van der Waals surface area (Å²) >= 11 is 1.47.